The molecule has 8 heterocycles. The number of anilines is 1. The SMILES string of the molecule is Fc1c(-c2c(C3CC3)c(Cl)cc3nn(C4CCCCO4)cc23)nc2c3c(nc(SC[C@@]45CCCN4C[C@H](F)C5)nc13)N1CCCOC[C@H]1CO2. The van der Waals surface area contributed by atoms with Crippen molar-refractivity contribution in [2.24, 2.45) is 0 Å². The summed E-state index contributed by atoms with van der Waals surface area (Å²) >= 11 is 8.53. The highest BCUT2D eigenvalue weighted by molar-refractivity contribution is 7.99. The standard InChI is InChI=1S/C36H40ClF2N7O3S/c37-24-13-25-23(16-46(43-25)26-5-1-2-12-48-26)28(27(24)20-6-7-20)31-30(39)32-29-33(45-10-4-11-47-17-22(45)18-49-34(29)40-31)42-35(41-32)50-19-36-8-3-9-44(36)15-21(38)14-36/h13,16,20-22,26H,1-12,14-15,17-19H2/t21-,22+,26?,36+/m1/s1. The molecule has 5 aliphatic heterocycles. The van der Waals surface area contributed by atoms with Crippen molar-refractivity contribution in [2.75, 3.05) is 56.7 Å². The van der Waals surface area contributed by atoms with E-state index in [4.69, 9.17) is 45.9 Å². The Hall–Kier alpha value is -2.84. The van der Waals surface area contributed by atoms with Gasteiger partial charge in [0, 0.05) is 59.8 Å². The lowest BCUT2D eigenvalue weighted by atomic mass is 9.95. The first-order chi connectivity index (χ1) is 24.5. The molecule has 1 unspecified atom stereocenters. The Morgan fingerprint density at radius 3 is 2.82 bits per heavy atom. The lowest BCUT2D eigenvalue weighted by Gasteiger charge is -2.31. The van der Waals surface area contributed by atoms with Crippen LogP contribution in [0.3, 0.4) is 0 Å². The third-order valence-corrected chi connectivity index (χ3v) is 13.0. The van der Waals surface area contributed by atoms with Crippen molar-refractivity contribution in [2.45, 2.75) is 92.8 Å². The van der Waals surface area contributed by atoms with E-state index >= 15 is 4.39 Å². The third-order valence-electron chi connectivity index (χ3n) is 11.6. The first-order valence-corrected chi connectivity index (χ1v) is 19.6. The maximum Gasteiger partial charge on any atom is 0.227 e. The summed E-state index contributed by atoms with van der Waals surface area (Å²) in [6.45, 7) is 4.18. The summed E-state index contributed by atoms with van der Waals surface area (Å²) in [6.07, 6.45) is 9.16. The molecule has 4 aromatic rings. The summed E-state index contributed by atoms with van der Waals surface area (Å²) in [5.41, 5.74) is 2.33. The van der Waals surface area contributed by atoms with E-state index in [1.54, 1.807) is 0 Å². The van der Waals surface area contributed by atoms with Crippen LogP contribution in [0.25, 0.3) is 33.1 Å². The van der Waals surface area contributed by atoms with Crippen molar-refractivity contribution < 1.29 is 23.0 Å². The summed E-state index contributed by atoms with van der Waals surface area (Å²) in [4.78, 5) is 19.5. The molecule has 3 aromatic heterocycles. The Labute approximate surface area is 298 Å². The predicted octanol–water partition coefficient (Wildman–Crippen LogP) is 7.07. The van der Waals surface area contributed by atoms with E-state index in [-0.39, 0.29) is 34.9 Å². The second kappa shape index (κ2) is 12.4. The first-order valence-electron chi connectivity index (χ1n) is 18.2. The molecule has 0 N–H and O–H groups in total. The Morgan fingerprint density at radius 1 is 1.04 bits per heavy atom. The van der Waals surface area contributed by atoms with Crippen LogP contribution in [0.5, 0.6) is 5.88 Å². The molecule has 0 amide bonds. The average molecular weight is 724 g/mol. The van der Waals surface area contributed by atoms with Crippen LogP contribution in [0.2, 0.25) is 5.02 Å². The number of nitrogens with zero attached hydrogens (tertiary/aromatic N) is 7. The summed E-state index contributed by atoms with van der Waals surface area (Å²) in [5.74, 6) is 1.26. The number of alkyl halides is 1. The zero-order valence-corrected chi connectivity index (χ0v) is 29.5. The fraction of sp³-hybridized carbons (Fsp3) is 0.611. The average Bonchev–Trinajstić information content (AvgIpc) is 3.75. The van der Waals surface area contributed by atoms with E-state index in [0.29, 0.717) is 90.0 Å². The fourth-order valence-electron chi connectivity index (χ4n) is 8.99. The van der Waals surface area contributed by atoms with E-state index in [0.717, 1.165) is 68.9 Å². The van der Waals surface area contributed by atoms with Crippen LogP contribution < -0.4 is 9.64 Å². The molecule has 5 fully saturated rings. The van der Waals surface area contributed by atoms with Gasteiger partial charge in [-0.15, -0.1) is 0 Å². The molecule has 1 saturated carbocycles. The minimum absolute atomic E-state index is 0.117. The summed E-state index contributed by atoms with van der Waals surface area (Å²) in [5, 5.41) is 7.19. The molecule has 0 radical (unpaired) electrons. The van der Waals surface area contributed by atoms with Crippen LogP contribution in [0.15, 0.2) is 17.4 Å². The topological polar surface area (TPSA) is 90.7 Å². The summed E-state index contributed by atoms with van der Waals surface area (Å²) < 4.78 is 52.6. The molecule has 1 aliphatic carbocycles. The largest absolute Gasteiger partial charge is 0.475 e. The number of halogens is 3. The molecular formula is C36H40ClF2N7O3S. The number of hydrogen-bond acceptors (Lipinski definition) is 10. The second-order valence-electron chi connectivity index (χ2n) is 14.9. The first kappa shape index (κ1) is 31.9. The van der Waals surface area contributed by atoms with Crippen LogP contribution in [0.4, 0.5) is 14.6 Å². The van der Waals surface area contributed by atoms with Gasteiger partial charge in [-0.25, -0.2) is 28.4 Å². The van der Waals surface area contributed by atoms with Gasteiger partial charge in [0.2, 0.25) is 5.88 Å². The van der Waals surface area contributed by atoms with E-state index in [9.17, 15) is 4.39 Å². The van der Waals surface area contributed by atoms with Crippen LogP contribution in [0, 0.1) is 5.82 Å². The molecule has 0 spiro atoms. The van der Waals surface area contributed by atoms with Gasteiger partial charge in [-0.1, -0.05) is 23.4 Å². The molecule has 4 atom stereocenters. The van der Waals surface area contributed by atoms with Gasteiger partial charge in [-0.05, 0) is 81.9 Å². The Morgan fingerprint density at radius 2 is 1.96 bits per heavy atom. The number of ether oxygens (including phenoxy) is 3. The molecule has 10 nitrogen and oxygen atoms in total. The Kier molecular flexibility index (Phi) is 7.90. The van der Waals surface area contributed by atoms with Gasteiger partial charge in [0.1, 0.15) is 41.4 Å². The Balaban J connectivity index is 1.16. The zero-order chi connectivity index (χ0) is 33.6. The maximum absolute atomic E-state index is 17.6. The Bertz CT molecular complexity index is 1990. The van der Waals surface area contributed by atoms with Crippen molar-refractivity contribution in [1.82, 2.24) is 29.6 Å². The zero-order valence-electron chi connectivity index (χ0n) is 27.9. The monoisotopic (exact) mass is 723 g/mol. The number of pyridine rings is 1. The van der Waals surface area contributed by atoms with E-state index in [1.165, 1.54) is 11.8 Å². The highest BCUT2D eigenvalue weighted by atomic mass is 35.5. The highest BCUT2D eigenvalue weighted by Gasteiger charge is 2.49. The van der Waals surface area contributed by atoms with Gasteiger partial charge < -0.3 is 19.1 Å². The van der Waals surface area contributed by atoms with Crippen molar-refractivity contribution >= 4 is 51.0 Å². The number of benzene rings is 1. The second-order valence-corrected chi connectivity index (χ2v) is 16.2. The van der Waals surface area contributed by atoms with Gasteiger partial charge in [0.25, 0.3) is 0 Å². The fourth-order valence-corrected chi connectivity index (χ4v) is 10.5. The molecule has 10 rings (SSSR count). The smallest absolute Gasteiger partial charge is 0.227 e. The number of thioether (sulfide) groups is 1. The molecule has 264 valence electrons. The minimum Gasteiger partial charge on any atom is -0.475 e. The molecule has 4 saturated heterocycles. The summed E-state index contributed by atoms with van der Waals surface area (Å²) in [7, 11) is 0. The van der Waals surface area contributed by atoms with E-state index in [2.05, 4.69) is 9.80 Å². The predicted molar refractivity (Wildman–Crippen MR) is 188 cm³/mol. The molecular weight excluding hydrogens is 684 g/mol. The molecule has 1 aromatic carbocycles. The lowest BCUT2D eigenvalue weighted by Crippen LogP contribution is -2.41. The number of fused-ring (bicyclic) bond motifs is 4. The third kappa shape index (κ3) is 5.28. The van der Waals surface area contributed by atoms with Crippen LogP contribution in [0.1, 0.15) is 75.5 Å². The summed E-state index contributed by atoms with van der Waals surface area (Å²) in [6, 6.07) is 1.78. The molecule has 0 bridgehead atoms. The number of rotatable bonds is 6. The molecule has 14 heteroatoms. The van der Waals surface area contributed by atoms with Gasteiger partial charge in [-0.3, -0.25) is 4.90 Å². The van der Waals surface area contributed by atoms with Crippen molar-refractivity contribution in [3.8, 4) is 17.1 Å². The van der Waals surface area contributed by atoms with E-state index in [1.807, 2.05) is 16.9 Å². The number of hydrogen-bond donors (Lipinski definition) is 0. The van der Waals surface area contributed by atoms with Gasteiger partial charge in [0.05, 0.1) is 18.2 Å². The van der Waals surface area contributed by atoms with Crippen LogP contribution in [-0.2, 0) is 9.47 Å². The van der Waals surface area contributed by atoms with Gasteiger partial charge >= 0.3 is 0 Å². The van der Waals surface area contributed by atoms with Gasteiger partial charge in [0.15, 0.2) is 11.0 Å². The van der Waals surface area contributed by atoms with Crippen LogP contribution in [-0.4, -0.2) is 99.2 Å². The quantitative estimate of drug-likeness (QED) is 0.152. The van der Waals surface area contributed by atoms with Crippen LogP contribution >= 0.6 is 23.4 Å². The maximum atomic E-state index is 17.6. The molecule has 6 aliphatic rings. The lowest BCUT2D eigenvalue weighted by molar-refractivity contribution is -0.0390. The minimum atomic E-state index is -0.828. The van der Waals surface area contributed by atoms with Crippen molar-refractivity contribution in [3.05, 3.63) is 28.7 Å². The molecule has 50 heavy (non-hydrogen) atoms. The van der Waals surface area contributed by atoms with Crippen molar-refractivity contribution in [3.63, 3.8) is 0 Å². The van der Waals surface area contributed by atoms with Crippen molar-refractivity contribution in [1.29, 1.82) is 0 Å². The van der Waals surface area contributed by atoms with E-state index < -0.39 is 12.0 Å². The highest BCUT2D eigenvalue weighted by Crippen LogP contribution is 2.52. The normalized spacial score (nSPS) is 28.5. The number of aromatic nitrogens is 5. The van der Waals surface area contributed by atoms with Gasteiger partial charge in [-0.2, -0.15) is 5.10 Å².